The summed E-state index contributed by atoms with van der Waals surface area (Å²) in [5.41, 5.74) is 13.7. The summed E-state index contributed by atoms with van der Waals surface area (Å²) < 4.78 is 0. The number of hydrogen-bond acceptors (Lipinski definition) is 3. The van der Waals surface area contributed by atoms with Gasteiger partial charge >= 0.3 is 0 Å². The highest BCUT2D eigenvalue weighted by molar-refractivity contribution is 5.83. The van der Waals surface area contributed by atoms with Crippen LogP contribution in [-0.4, -0.2) is 0 Å². The van der Waals surface area contributed by atoms with E-state index in [0.717, 1.165) is 51.2 Å². The highest BCUT2D eigenvalue weighted by Gasteiger charge is 2.18. The molecule has 0 aromatic heterocycles. The van der Waals surface area contributed by atoms with Gasteiger partial charge in [-0.1, -0.05) is 78.4 Å². The lowest BCUT2D eigenvalue weighted by atomic mass is 10.1. The second-order valence-electron chi connectivity index (χ2n) is 12.2. The fourth-order valence-electron chi connectivity index (χ4n) is 6.23. The van der Waals surface area contributed by atoms with Gasteiger partial charge in [0.2, 0.25) is 0 Å². The first-order valence-corrected chi connectivity index (χ1v) is 16.4. The van der Waals surface area contributed by atoms with Crippen molar-refractivity contribution in [1.29, 1.82) is 0 Å². The van der Waals surface area contributed by atoms with Crippen LogP contribution in [0.3, 0.4) is 0 Å². The number of hydrogen-bond donors (Lipinski definition) is 0. The second-order valence-corrected chi connectivity index (χ2v) is 12.2. The molecule has 0 radical (unpaired) electrons. The van der Waals surface area contributed by atoms with Gasteiger partial charge in [0.1, 0.15) is 0 Å². The zero-order chi connectivity index (χ0) is 32.9. The molecular formula is C45H39N3. The molecule has 3 nitrogen and oxygen atoms in total. The average Bonchev–Trinajstić information content (AvgIpc) is 3.12. The average molecular weight is 622 g/mol. The predicted molar refractivity (Wildman–Crippen MR) is 205 cm³/mol. The number of nitrogens with zero attached hydrogens (tertiary/aromatic N) is 3. The van der Waals surface area contributed by atoms with Crippen LogP contribution in [-0.2, 0) is 0 Å². The van der Waals surface area contributed by atoms with Gasteiger partial charge in [-0.15, -0.1) is 0 Å². The smallest absolute Gasteiger partial charge is 0.0464 e. The van der Waals surface area contributed by atoms with Gasteiger partial charge in [0.05, 0.1) is 0 Å². The van der Waals surface area contributed by atoms with Crippen LogP contribution in [0.15, 0.2) is 182 Å². The largest absolute Gasteiger partial charge is 0.311 e. The van der Waals surface area contributed by atoms with E-state index < -0.39 is 0 Å². The Morgan fingerprint density at radius 3 is 0.833 bits per heavy atom. The van der Waals surface area contributed by atoms with Crippen molar-refractivity contribution in [3.8, 4) is 0 Å². The van der Waals surface area contributed by atoms with Crippen molar-refractivity contribution in [2.75, 3.05) is 14.7 Å². The van der Waals surface area contributed by atoms with Crippen LogP contribution in [0.25, 0.3) is 0 Å². The Bertz CT molecular complexity index is 1950. The topological polar surface area (TPSA) is 9.72 Å². The molecular weight excluding hydrogens is 583 g/mol. The number of rotatable bonds is 9. The first-order valence-electron chi connectivity index (χ1n) is 16.4. The summed E-state index contributed by atoms with van der Waals surface area (Å²) in [6.45, 7) is 6.41. The molecule has 0 spiro atoms. The number of anilines is 9. The first-order chi connectivity index (χ1) is 23.5. The first kappa shape index (κ1) is 30.6. The van der Waals surface area contributed by atoms with Crippen LogP contribution in [0.5, 0.6) is 0 Å². The SMILES string of the molecule is Cc1ccc(N(c2ccc(N(c3ccccc3)c3cccc(C)c3)cc2)c2ccc(N(c3ccccc3)c3cccc(C)c3)cc2)cc1. The minimum absolute atomic E-state index is 1.09. The van der Waals surface area contributed by atoms with E-state index in [1.165, 1.54) is 16.7 Å². The lowest BCUT2D eigenvalue weighted by molar-refractivity contribution is 1.24. The second kappa shape index (κ2) is 13.7. The zero-order valence-electron chi connectivity index (χ0n) is 27.7. The number of benzene rings is 7. The van der Waals surface area contributed by atoms with Crippen LogP contribution in [0.1, 0.15) is 16.7 Å². The van der Waals surface area contributed by atoms with Gasteiger partial charge in [-0.05, 0) is 141 Å². The van der Waals surface area contributed by atoms with E-state index >= 15 is 0 Å². The predicted octanol–water partition coefficient (Wildman–Crippen LogP) is 13.0. The van der Waals surface area contributed by atoms with Crippen molar-refractivity contribution in [1.82, 2.24) is 0 Å². The van der Waals surface area contributed by atoms with E-state index in [0.29, 0.717) is 0 Å². The van der Waals surface area contributed by atoms with Gasteiger partial charge in [0.25, 0.3) is 0 Å². The van der Waals surface area contributed by atoms with E-state index in [4.69, 9.17) is 0 Å². The van der Waals surface area contributed by atoms with Gasteiger partial charge in [-0.25, -0.2) is 0 Å². The van der Waals surface area contributed by atoms with Gasteiger partial charge in [-0.2, -0.15) is 0 Å². The normalized spacial score (nSPS) is 10.8. The highest BCUT2D eigenvalue weighted by Crippen LogP contribution is 2.41. The fraction of sp³-hybridized carbons (Fsp3) is 0.0667. The molecule has 0 saturated heterocycles. The monoisotopic (exact) mass is 621 g/mol. The molecule has 7 aromatic carbocycles. The summed E-state index contributed by atoms with van der Waals surface area (Å²) in [7, 11) is 0. The van der Waals surface area contributed by atoms with Crippen molar-refractivity contribution >= 4 is 51.2 Å². The minimum atomic E-state index is 1.09. The summed E-state index contributed by atoms with van der Waals surface area (Å²) in [4.78, 5) is 6.95. The Morgan fingerprint density at radius 1 is 0.229 bits per heavy atom. The summed E-state index contributed by atoms with van der Waals surface area (Å²) in [6, 6.07) is 64.9. The Hall–Kier alpha value is -6.06. The van der Waals surface area contributed by atoms with Crippen LogP contribution in [0, 0.1) is 20.8 Å². The molecule has 0 saturated carbocycles. The van der Waals surface area contributed by atoms with Crippen LogP contribution >= 0.6 is 0 Å². The van der Waals surface area contributed by atoms with E-state index in [1.54, 1.807) is 0 Å². The van der Waals surface area contributed by atoms with Crippen LogP contribution < -0.4 is 14.7 Å². The third-order valence-corrected chi connectivity index (χ3v) is 8.57. The molecule has 7 aromatic rings. The van der Waals surface area contributed by atoms with Crippen LogP contribution in [0.2, 0.25) is 0 Å². The lowest BCUT2D eigenvalue weighted by Gasteiger charge is -2.29. The maximum absolute atomic E-state index is 2.33. The molecule has 48 heavy (non-hydrogen) atoms. The van der Waals surface area contributed by atoms with E-state index in [2.05, 4.69) is 217 Å². The quantitative estimate of drug-likeness (QED) is 0.159. The Morgan fingerprint density at radius 2 is 0.500 bits per heavy atom. The molecule has 0 atom stereocenters. The van der Waals surface area contributed by atoms with E-state index in [1.807, 2.05) is 0 Å². The van der Waals surface area contributed by atoms with Crippen molar-refractivity contribution in [3.05, 3.63) is 199 Å². The number of aryl methyl sites for hydroxylation is 3. The third-order valence-electron chi connectivity index (χ3n) is 8.57. The zero-order valence-corrected chi connectivity index (χ0v) is 27.7. The lowest BCUT2D eigenvalue weighted by Crippen LogP contribution is -2.13. The molecule has 0 amide bonds. The molecule has 0 heterocycles. The van der Waals surface area contributed by atoms with Gasteiger partial charge in [-0.3, -0.25) is 0 Å². The molecule has 0 bridgehead atoms. The third kappa shape index (κ3) is 6.58. The Balaban J connectivity index is 1.28. The van der Waals surface area contributed by atoms with Crippen molar-refractivity contribution in [3.63, 3.8) is 0 Å². The molecule has 0 aliphatic heterocycles. The van der Waals surface area contributed by atoms with E-state index in [-0.39, 0.29) is 0 Å². The molecule has 0 unspecified atom stereocenters. The van der Waals surface area contributed by atoms with E-state index in [9.17, 15) is 0 Å². The molecule has 0 aliphatic rings. The summed E-state index contributed by atoms with van der Waals surface area (Å²) >= 11 is 0. The summed E-state index contributed by atoms with van der Waals surface area (Å²) in [5.74, 6) is 0. The summed E-state index contributed by atoms with van der Waals surface area (Å²) in [6.07, 6.45) is 0. The minimum Gasteiger partial charge on any atom is -0.311 e. The number of para-hydroxylation sites is 2. The molecule has 234 valence electrons. The van der Waals surface area contributed by atoms with Gasteiger partial charge in [0.15, 0.2) is 0 Å². The molecule has 0 N–H and O–H groups in total. The van der Waals surface area contributed by atoms with Crippen molar-refractivity contribution in [2.24, 2.45) is 0 Å². The summed E-state index contributed by atoms with van der Waals surface area (Å²) in [5, 5.41) is 0. The fourth-order valence-corrected chi connectivity index (χ4v) is 6.23. The standard InChI is InChI=1S/C45H39N3/c1-34-20-22-39(23-21-34)46(40-24-28-42(29-25-40)47(37-14-6-4-7-15-37)44-18-10-12-35(2)32-44)41-26-30-43(31-27-41)48(38-16-8-5-9-17-38)45-19-11-13-36(3)33-45/h4-33H,1-3H3. The highest BCUT2D eigenvalue weighted by atomic mass is 15.2. The van der Waals surface area contributed by atoms with Crippen molar-refractivity contribution < 1.29 is 0 Å². The maximum Gasteiger partial charge on any atom is 0.0464 e. The molecule has 0 fully saturated rings. The Kier molecular flexibility index (Phi) is 8.76. The molecule has 3 heteroatoms. The van der Waals surface area contributed by atoms with Crippen molar-refractivity contribution in [2.45, 2.75) is 20.8 Å². The molecule has 0 aliphatic carbocycles. The van der Waals surface area contributed by atoms with Crippen LogP contribution in [0.4, 0.5) is 51.2 Å². The Labute approximate surface area is 284 Å². The maximum atomic E-state index is 2.33. The van der Waals surface area contributed by atoms with Gasteiger partial charge < -0.3 is 14.7 Å². The van der Waals surface area contributed by atoms with Gasteiger partial charge in [0, 0.05) is 51.2 Å². The molecule has 7 rings (SSSR count).